The topological polar surface area (TPSA) is 24.1 Å². The normalized spacial score (nSPS) is 17.9. The Morgan fingerprint density at radius 3 is 2.87 bits per heavy atom. The lowest BCUT2D eigenvalue weighted by molar-refractivity contribution is 0.361. The van der Waals surface area contributed by atoms with Crippen molar-refractivity contribution >= 4 is 32.3 Å². The van der Waals surface area contributed by atoms with Crippen LogP contribution in [-0.4, -0.2) is 19.6 Å². The zero-order valence-corrected chi connectivity index (χ0v) is 11.2. The van der Waals surface area contributed by atoms with Gasteiger partial charge in [0.1, 0.15) is 0 Å². The third kappa shape index (κ3) is 3.78. The van der Waals surface area contributed by atoms with E-state index in [2.05, 4.69) is 38.7 Å². The standard InChI is InChI=1S/C11H17BrN2S/c12-10-1-2-11(15-10)14-8-5-9-3-6-13-7-4-9/h1-2,9,13-14H,3-8H2. The van der Waals surface area contributed by atoms with Gasteiger partial charge in [0.2, 0.25) is 0 Å². The smallest absolute Gasteiger partial charge is 0.0894 e. The number of nitrogens with one attached hydrogen (secondary N) is 2. The highest BCUT2D eigenvalue weighted by atomic mass is 79.9. The highest BCUT2D eigenvalue weighted by molar-refractivity contribution is 9.11. The SMILES string of the molecule is Brc1ccc(NCCC2CCNCC2)s1. The molecule has 1 aliphatic rings. The quantitative estimate of drug-likeness (QED) is 0.888. The Hall–Kier alpha value is -0.0600. The van der Waals surface area contributed by atoms with Crippen LogP contribution in [0, 0.1) is 5.92 Å². The number of anilines is 1. The second kappa shape index (κ2) is 5.87. The van der Waals surface area contributed by atoms with Crippen molar-refractivity contribution in [3.8, 4) is 0 Å². The minimum atomic E-state index is 0.919. The van der Waals surface area contributed by atoms with Gasteiger partial charge in [-0.2, -0.15) is 0 Å². The molecule has 4 heteroatoms. The Labute approximate surface area is 104 Å². The molecule has 15 heavy (non-hydrogen) atoms. The fraction of sp³-hybridized carbons (Fsp3) is 0.636. The third-order valence-corrected chi connectivity index (χ3v) is 4.47. The van der Waals surface area contributed by atoms with Gasteiger partial charge in [0.15, 0.2) is 0 Å². The van der Waals surface area contributed by atoms with Gasteiger partial charge in [0, 0.05) is 6.54 Å². The molecule has 0 atom stereocenters. The molecular weight excluding hydrogens is 272 g/mol. The molecule has 0 aliphatic carbocycles. The Morgan fingerprint density at radius 2 is 2.20 bits per heavy atom. The zero-order valence-electron chi connectivity index (χ0n) is 8.76. The number of hydrogen-bond donors (Lipinski definition) is 2. The van der Waals surface area contributed by atoms with E-state index < -0.39 is 0 Å². The summed E-state index contributed by atoms with van der Waals surface area (Å²) < 4.78 is 1.20. The average molecular weight is 289 g/mol. The molecule has 0 radical (unpaired) electrons. The Balaban J connectivity index is 1.65. The van der Waals surface area contributed by atoms with Crippen LogP contribution >= 0.6 is 27.3 Å². The molecule has 0 unspecified atom stereocenters. The second-order valence-corrected chi connectivity index (χ2v) is 6.48. The molecular formula is C11H17BrN2S. The van der Waals surface area contributed by atoms with Gasteiger partial charge in [0.05, 0.1) is 8.79 Å². The van der Waals surface area contributed by atoms with Crippen molar-refractivity contribution in [2.45, 2.75) is 19.3 Å². The molecule has 1 aromatic rings. The summed E-state index contributed by atoms with van der Waals surface area (Å²) in [7, 11) is 0. The molecule has 2 rings (SSSR count). The van der Waals surface area contributed by atoms with Gasteiger partial charge in [-0.05, 0) is 66.3 Å². The molecule has 2 nitrogen and oxygen atoms in total. The summed E-state index contributed by atoms with van der Waals surface area (Å²) in [6.45, 7) is 3.52. The van der Waals surface area contributed by atoms with E-state index in [4.69, 9.17) is 0 Å². The van der Waals surface area contributed by atoms with Crippen molar-refractivity contribution in [3.63, 3.8) is 0 Å². The highest BCUT2D eigenvalue weighted by Gasteiger charge is 2.12. The van der Waals surface area contributed by atoms with Crippen LogP contribution in [0.4, 0.5) is 5.00 Å². The average Bonchev–Trinajstić information content (AvgIpc) is 2.66. The molecule has 0 bridgehead atoms. The molecule has 0 spiro atoms. The maximum Gasteiger partial charge on any atom is 0.0894 e. The van der Waals surface area contributed by atoms with Gasteiger partial charge in [0.25, 0.3) is 0 Å². The van der Waals surface area contributed by atoms with Crippen LogP contribution in [-0.2, 0) is 0 Å². The highest BCUT2D eigenvalue weighted by Crippen LogP contribution is 2.26. The van der Waals surface area contributed by atoms with E-state index in [9.17, 15) is 0 Å². The number of rotatable bonds is 4. The predicted molar refractivity (Wildman–Crippen MR) is 70.7 cm³/mol. The molecule has 84 valence electrons. The maximum atomic E-state index is 3.48. The summed E-state index contributed by atoms with van der Waals surface area (Å²) in [5, 5.41) is 8.16. The van der Waals surface area contributed by atoms with Gasteiger partial charge in [-0.25, -0.2) is 0 Å². The summed E-state index contributed by atoms with van der Waals surface area (Å²) in [5.41, 5.74) is 0. The fourth-order valence-corrected chi connectivity index (χ4v) is 3.29. The van der Waals surface area contributed by atoms with E-state index in [0.717, 1.165) is 12.5 Å². The van der Waals surface area contributed by atoms with Crippen LogP contribution in [0.15, 0.2) is 15.9 Å². The first kappa shape index (κ1) is 11.4. The lowest BCUT2D eigenvalue weighted by Crippen LogP contribution is -2.28. The lowest BCUT2D eigenvalue weighted by atomic mass is 9.95. The van der Waals surface area contributed by atoms with E-state index in [1.807, 2.05) is 0 Å². The number of hydrogen-bond acceptors (Lipinski definition) is 3. The molecule has 1 fully saturated rings. The van der Waals surface area contributed by atoms with E-state index in [0.29, 0.717) is 0 Å². The molecule has 0 aromatic carbocycles. The first-order valence-corrected chi connectivity index (χ1v) is 7.15. The molecule has 1 aromatic heterocycles. The van der Waals surface area contributed by atoms with Crippen molar-refractivity contribution in [2.24, 2.45) is 5.92 Å². The van der Waals surface area contributed by atoms with Gasteiger partial charge in [-0.3, -0.25) is 0 Å². The summed E-state index contributed by atoms with van der Waals surface area (Å²) >= 11 is 5.24. The summed E-state index contributed by atoms with van der Waals surface area (Å²) in [6, 6.07) is 4.23. The predicted octanol–water partition coefficient (Wildman–Crippen LogP) is 3.31. The Morgan fingerprint density at radius 1 is 1.40 bits per heavy atom. The van der Waals surface area contributed by atoms with Crippen LogP contribution in [0.2, 0.25) is 0 Å². The van der Waals surface area contributed by atoms with Crippen LogP contribution in [0.5, 0.6) is 0 Å². The summed E-state index contributed by atoms with van der Waals surface area (Å²) in [4.78, 5) is 0. The van der Waals surface area contributed by atoms with Crippen molar-refractivity contribution in [1.29, 1.82) is 0 Å². The van der Waals surface area contributed by atoms with Gasteiger partial charge in [-0.15, -0.1) is 11.3 Å². The third-order valence-electron chi connectivity index (χ3n) is 2.88. The maximum absolute atomic E-state index is 3.48. The van der Waals surface area contributed by atoms with Crippen molar-refractivity contribution in [3.05, 3.63) is 15.9 Å². The minimum Gasteiger partial charge on any atom is -0.377 e. The van der Waals surface area contributed by atoms with Crippen LogP contribution in [0.3, 0.4) is 0 Å². The van der Waals surface area contributed by atoms with Crippen molar-refractivity contribution in [1.82, 2.24) is 5.32 Å². The van der Waals surface area contributed by atoms with Gasteiger partial charge >= 0.3 is 0 Å². The molecule has 2 N–H and O–H groups in total. The first-order valence-electron chi connectivity index (χ1n) is 5.54. The van der Waals surface area contributed by atoms with Crippen LogP contribution < -0.4 is 10.6 Å². The van der Waals surface area contributed by atoms with Crippen molar-refractivity contribution < 1.29 is 0 Å². The van der Waals surface area contributed by atoms with Crippen molar-refractivity contribution in [2.75, 3.05) is 25.0 Å². The summed E-state index contributed by atoms with van der Waals surface area (Å²) in [6.07, 6.45) is 3.99. The molecule has 0 saturated carbocycles. The van der Waals surface area contributed by atoms with E-state index in [-0.39, 0.29) is 0 Å². The second-order valence-electron chi connectivity index (χ2n) is 4.01. The number of piperidine rings is 1. The minimum absolute atomic E-state index is 0.919. The van der Waals surface area contributed by atoms with Crippen LogP contribution in [0.1, 0.15) is 19.3 Å². The molecule has 1 aliphatic heterocycles. The van der Waals surface area contributed by atoms with E-state index >= 15 is 0 Å². The van der Waals surface area contributed by atoms with E-state index in [1.165, 1.54) is 41.1 Å². The molecule has 1 saturated heterocycles. The fourth-order valence-electron chi connectivity index (χ4n) is 1.98. The number of halogens is 1. The molecule has 2 heterocycles. The van der Waals surface area contributed by atoms with Gasteiger partial charge < -0.3 is 10.6 Å². The van der Waals surface area contributed by atoms with E-state index in [1.54, 1.807) is 11.3 Å². The number of thiophene rings is 1. The van der Waals surface area contributed by atoms with Gasteiger partial charge in [-0.1, -0.05) is 0 Å². The first-order chi connectivity index (χ1) is 7.34. The Bertz CT molecular complexity index is 295. The van der Waals surface area contributed by atoms with Crippen LogP contribution in [0.25, 0.3) is 0 Å². The molecule has 0 amide bonds. The lowest BCUT2D eigenvalue weighted by Gasteiger charge is -2.22. The Kier molecular flexibility index (Phi) is 4.47. The summed E-state index contributed by atoms with van der Waals surface area (Å²) in [5.74, 6) is 0.919. The zero-order chi connectivity index (χ0) is 10.5. The monoisotopic (exact) mass is 288 g/mol. The largest absolute Gasteiger partial charge is 0.377 e.